The topological polar surface area (TPSA) is 84.6 Å². The van der Waals surface area contributed by atoms with E-state index in [0.29, 0.717) is 0 Å². The highest BCUT2D eigenvalue weighted by Crippen LogP contribution is 2.23. The number of benzene rings is 3. The van der Waals surface area contributed by atoms with Crippen LogP contribution in [0.2, 0.25) is 0 Å². The second kappa shape index (κ2) is 11.4. The molecule has 0 heterocycles. The maximum absolute atomic E-state index is 8.78. The van der Waals surface area contributed by atoms with Gasteiger partial charge in [-0.15, -0.1) is 0 Å². The van der Waals surface area contributed by atoms with Gasteiger partial charge in [0.05, 0.1) is 14.2 Å². The first-order valence-electron chi connectivity index (χ1n) is 9.09. The van der Waals surface area contributed by atoms with Gasteiger partial charge < -0.3 is 14.0 Å². The highest BCUT2D eigenvalue weighted by atomic mass is 32.2. The van der Waals surface area contributed by atoms with E-state index < -0.39 is 11.3 Å². The van der Waals surface area contributed by atoms with Gasteiger partial charge >= 0.3 is 0 Å². The van der Waals surface area contributed by atoms with Gasteiger partial charge in [-0.05, 0) is 71.8 Å². The van der Waals surface area contributed by atoms with Gasteiger partial charge in [-0.3, -0.25) is 9.35 Å². The molecule has 0 saturated heterocycles. The van der Waals surface area contributed by atoms with Gasteiger partial charge in [-0.1, -0.05) is 42.5 Å². The Labute approximate surface area is 174 Å². The van der Waals surface area contributed by atoms with Crippen molar-refractivity contribution in [2.24, 2.45) is 5.14 Å². The largest absolute Gasteiger partial charge is 0.760 e. The van der Waals surface area contributed by atoms with Crippen LogP contribution in [-0.4, -0.2) is 23.0 Å². The van der Waals surface area contributed by atoms with E-state index in [1.807, 2.05) is 24.3 Å². The molecule has 3 aromatic carbocycles. The summed E-state index contributed by atoms with van der Waals surface area (Å²) in [6, 6.07) is 23.2. The molecule has 0 fully saturated rings. The fourth-order valence-corrected chi connectivity index (χ4v) is 3.09. The average molecular weight is 413 g/mol. The predicted molar refractivity (Wildman–Crippen MR) is 116 cm³/mol. The average Bonchev–Trinajstić information content (AvgIpc) is 2.71. The van der Waals surface area contributed by atoms with Crippen LogP contribution in [0.25, 0.3) is 0 Å². The molecular formula is C23H26NO4S-. The molecule has 29 heavy (non-hydrogen) atoms. The van der Waals surface area contributed by atoms with Gasteiger partial charge in [0.2, 0.25) is 0 Å². The molecular weight excluding hydrogens is 386 g/mol. The molecule has 0 amide bonds. The molecule has 1 atom stereocenters. The summed E-state index contributed by atoms with van der Waals surface area (Å²) < 4.78 is 28.1. The lowest BCUT2D eigenvalue weighted by Crippen LogP contribution is -2.00. The molecule has 154 valence electrons. The lowest BCUT2D eigenvalue weighted by Gasteiger charge is -2.14. The van der Waals surface area contributed by atoms with Crippen LogP contribution < -0.4 is 14.6 Å². The smallest absolute Gasteiger partial charge is 0.118 e. The van der Waals surface area contributed by atoms with Gasteiger partial charge in [-0.2, -0.15) is 0 Å². The van der Waals surface area contributed by atoms with Crippen molar-refractivity contribution in [2.45, 2.75) is 19.8 Å². The van der Waals surface area contributed by atoms with Crippen molar-refractivity contribution < 1.29 is 18.2 Å². The first-order valence-corrected chi connectivity index (χ1v) is 10.2. The molecule has 0 radical (unpaired) electrons. The summed E-state index contributed by atoms with van der Waals surface area (Å²) in [7, 11) is 3.39. The molecule has 1 unspecified atom stereocenters. The standard InChI is InChI=1S/C23H24O2.H3NO2S/c1-17-5-4-6-20(15-18-7-11-21(24-2)12-8-18)23(17)16-19-9-13-22(25-3)14-10-19;1-4(2)3/h4-14H,15-16H2,1-3H3;1H2,(H,2,3)/p-1. The maximum Gasteiger partial charge on any atom is 0.118 e. The normalized spacial score (nSPS) is 11.2. The van der Waals surface area contributed by atoms with E-state index in [4.69, 9.17) is 18.2 Å². The molecule has 0 aromatic heterocycles. The molecule has 3 rings (SSSR count). The van der Waals surface area contributed by atoms with Crippen molar-refractivity contribution >= 4 is 11.3 Å². The molecule has 2 N–H and O–H groups in total. The van der Waals surface area contributed by atoms with E-state index in [9.17, 15) is 0 Å². The van der Waals surface area contributed by atoms with E-state index in [-0.39, 0.29) is 0 Å². The van der Waals surface area contributed by atoms with Crippen LogP contribution in [0.3, 0.4) is 0 Å². The summed E-state index contributed by atoms with van der Waals surface area (Å²) in [6.45, 7) is 2.19. The summed E-state index contributed by atoms with van der Waals surface area (Å²) in [4.78, 5) is 0. The highest BCUT2D eigenvalue weighted by molar-refractivity contribution is 7.76. The third-order valence-electron chi connectivity index (χ3n) is 4.60. The molecule has 0 bridgehead atoms. The Hall–Kier alpha value is -2.67. The Morgan fingerprint density at radius 3 is 1.72 bits per heavy atom. The molecule has 0 spiro atoms. The monoisotopic (exact) mass is 412 g/mol. The zero-order chi connectivity index (χ0) is 21.2. The van der Waals surface area contributed by atoms with Crippen LogP contribution in [0.4, 0.5) is 0 Å². The van der Waals surface area contributed by atoms with Crippen LogP contribution in [0.15, 0.2) is 66.7 Å². The number of rotatable bonds is 6. The third-order valence-corrected chi connectivity index (χ3v) is 4.60. The molecule has 0 saturated carbocycles. The lowest BCUT2D eigenvalue weighted by molar-refractivity contribution is 0.414. The first kappa shape index (κ1) is 22.6. The van der Waals surface area contributed by atoms with Crippen molar-refractivity contribution in [3.63, 3.8) is 0 Å². The molecule has 5 nitrogen and oxygen atoms in total. The minimum atomic E-state index is -2.36. The fraction of sp³-hybridized carbons (Fsp3) is 0.217. The number of methoxy groups -OCH3 is 2. The Kier molecular flexibility index (Phi) is 8.86. The van der Waals surface area contributed by atoms with Crippen molar-refractivity contribution in [1.82, 2.24) is 0 Å². The van der Waals surface area contributed by atoms with Gasteiger partial charge in [0.1, 0.15) is 11.5 Å². The highest BCUT2D eigenvalue weighted by Gasteiger charge is 2.08. The van der Waals surface area contributed by atoms with E-state index in [0.717, 1.165) is 24.3 Å². The number of nitrogens with two attached hydrogens (primary N) is 1. The SMILES string of the molecule is COc1ccc(Cc2cccc(C)c2Cc2ccc(OC)cc2)cc1.NS(=O)[O-]. The van der Waals surface area contributed by atoms with Crippen molar-refractivity contribution in [1.29, 1.82) is 0 Å². The van der Waals surface area contributed by atoms with Gasteiger partial charge in [-0.25, -0.2) is 0 Å². The van der Waals surface area contributed by atoms with Crippen LogP contribution in [0, 0.1) is 6.92 Å². The number of ether oxygens (including phenoxy) is 2. The van der Waals surface area contributed by atoms with Crippen LogP contribution in [0.1, 0.15) is 27.8 Å². The minimum absolute atomic E-state index is 0.895. The molecule has 0 aliphatic carbocycles. The summed E-state index contributed by atoms with van der Waals surface area (Å²) in [5, 5.41) is 4.03. The number of aryl methyl sites for hydroxylation is 1. The Balaban J connectivity index is 0.000000687. The van der Waals surface area contributed by atoms with Gasteiger partial charge in [0.25, 0.3) is 0 Å². The molecule has 0 aliphatic heterocycles. The third kappa shape index (κ3) is 7.34. The van der Waals surface area contributed by atoms with E-state index in [1.165, 1.54) is 27.8 Å². The van der Waals surface area contributed by atoms with E-state index in [1.54, 1.807) is 14.2 Å². The van der Waals surface area contributed by atoms with Gasteiger partial charge in [0, 0.05) is 11.3 Å². The first-order chi connectivity index (χ1) is 13.9. The minimum Gasteiger partial charge on any atom is -0.760 e. The van der Waals surface area contributed by atoms with E-state index >= 15 is 0 Å². The Bertz CT molecular complexity index is 921. The van der Waals surface area contributed by atoms with Crippen molar-refractivity contribution in [3.8, 4) is 11.5 Å². The quantitative estimate of drug-likeness (QED) is 0.622. The van der Waals surface area contributed by atoms with E-state index in [2.05, 4.69) is 54.5 Å². The molecule has 3 aromatic rings. The Morgan fingerprint density at radius 2 is 1.28 bits per heavy atom. The zero-order valence-corrected chi connectivity index (χ0v) is 17.7. The molecule has 0 aliphatic rings. The van der Waals surface area contributed by atoms with Gasteiger partial charge in [0.15, 0.2) is 0 Å². The maximum atomic E-state index is 8.78. The summed E-state index contributed by atoms with van der Waals surface area (Å²) in [5.41, 5.74) is 6.71. The second-order valence-electron chi connectivity index (χ2n) is 6.52. The van der Waals surface area contributed by atoms with Crippen molar-refractivity contribution in [3.05, 3.63) is 94.5 Å². The predicted octanol–water partition coefficient (Wildman–Crippen LogP) is 3.93. The van der Waals surface area contributed by atoms with Crippen molar-refractivity contribution in [2.75, 3.05) is 14.2 Å². The second-order valence-corrected chi connectivity index (χ2v) is 7.04. The van der Waals surface area contributed by atoms with Crippen LogP contribution >= 0.6 is 0 Å². The summed E-state index contributed by atoms with van der Waals surface area (Å²) >= 11 is -2.36. The number of hydrogen-bond acceptors (Lipinski definition) is 4. The molecule has 6 heteroatoms. The zero-order valence-electron chi connectivity index (χ0n) is 16.9. The Morgan fingerprint density at radius 1 is 0.828 bits per heavy atom. The number of hydrogen-bond donors (Lipinski definition) is 1. The fourth-order valence-electron chi connectivity index (χ4n) is 3.09. The van der Waals surface area contributed by atoms with Crippen LogP contribution in [0.5, 0.6) is 11.5 Å². The van der Waals surface area contributed by atoms with Crippen LogP contribution in [-0.2, 0) is 24.1 Å². The lowest BCUT2D eigenvalue weighted by atomic mass is 9.92. The summed E-state index contributed by atoms with van der Waals surface area (Å²) in [5.74, 6) is 1.79. The summed E-state index contributed by atoms with van der Waals surface area (Å²) in [6.07, 6.45) is 1.86.